The zero-order valence-electron chi connectivity index (χ0n) is 12.1. The van der Waals surface area contributed by atoms with E-state index in [9.17, 15) is 0 Å². The highest BCUT2D eigenvalue weighted by atomic mass is 28.3. The van der Waals surface area contributed by atoms with Crippen molar-refractivity contribution in [1.29, 1.82) is 0 Å². The van der Waals surface area contributed by atoms with Gasteiger partial charge >= 0.3 is 0 Å². The van der Waals surface area contributed by atoms with Crippen LogP contribution in [0.4, 0.5) is 0 Å². The summed E-state index contributed by atoms with van der Waals surface area (Å²) in [5.74, 6) is 0. The van der Waals surface area contributed by atoms with E-state index in [0.717, 1.165) is 0 Å². The van der Waals surface area contributed by atoms with Crippen molar-refractivity contribution in [3.8, 4) is 0 Å². The van der Waals surface area contributed by atoms with Gasteiger partial charge in [0.05, 0.1) is 6.10 Å². The van der Waals surface area contributed by atoms with Crippen molar-refractivity contribution in [2.45, 2.75) is 64.6 Å². The van der Waals surface area contributed by atoms with E-state index in [4.69, 9.17) is 4.43 Å². The topological polar surface area (TPSA) is 9.23 Å². The minimum atomic E-state index is -0.616. The van der Waals surface area contributed by atoms with E-state index in [1.807, 2.05) is 0 Å². The molecule has 0 aliphatic heterocycles. The fourth-order valence-corrected chi connectivity index (χ4v) is 4.65. The second-order valence-electron chi connectivity index (χ2n) is 4.92. The van der Waals surface area contributed by atoms with E-state index in [1.54, 1.807) is 0 Å². The van der Waals surface area contributed by atoms with Crippen molar-refractivity contribution in [3.63, 3.8) is 0 Å². The molecule has 0 amide bonds. The highest BCUT2D eigenvalue weighted by Gasteiger charge is 2.16. The maximum Gasteiger partial charge on any atom is 0.212 e. The maximum atomic E-state index is 6.34. The summed E-state index contributed by atoms with van der Waals surface area (Å²) in [5.41, 5.74) is 1.31. The van der Waals surface area contributed by atoms with Gasteiger partial charge in [0.25, 0.3) is 0 Å². The molecular weight excluding hydrogens is 236 g/mol. The van der Waals surface area contributed by atoms with Gasteiger partial charge in [-0.25, -0.2) is 0 Å². The molecule has 1 atom stereocenters. The van der Waals surface area contributed by atoms with Gasteiger partial charge in [0.1, 0.15) is 0 Å². The lowest BCUT2D eigenvalue weighted by molar-refractivity contribution is 0.224. The third kappa shape index (κ3) is 5.83. The number of unbranched alkanes of at least 4 members (excludes halogenated alkanes) is 2. The Bertz CT molecular complexity index is 291. The predicted molar refractivity (Wildman–Crippen MR) is 81.1 cm³/mol. The summed E-state index contributed by atoms with van der Waals surface area (Å²) in [6.07, 6.45) is 5.46. The molecule has 0 aliphatic rings. The van der Waals surface area contributed by atoms with E-state index in [0.29, 0.717) is 0 Å². The van der Waals surface area contributed by atoms with Gasteiger partial charge in [0.15, 0.2) is 0 Å². The largest absolute Gasteiger partial charge is 0.410 e. The normalized spacial score (nSPS) is 12.9. The molecule has 1 radical (unpaired) electrons. The lowest BCUT2D eigenvalue weighted by Gasteiger charge is -2.21. The molecule has 0 spiro atoms. The van der Waals surface area contributed by atoms with Crippen molar-refractivity contribution in [1.82, 2.24) is 0 Å². The van der Waals surface area contributed by atoms with Crippen LogP contribution in [0, 0.1) is 0 Å². The monoisotopic (exact) mass is 263 g/mol. The smallest absolute Gasteiger partial charge is 0.212 e. The molecule has 1 nitrogen and oxygen atoms in total. The molecule has 0 heterocycles. The van der Waals surface area contributed by atoms with Gasteiger partial charge in [-0.3, -0.25) is 0 Å². The molecule has 1 aromatic carbocycles. The summed E-state index contributed by atoms with van der Waals surface area (Å²) < 4.78 is 6.34. The summed E-state index contributed by atoms with van der Waals surface area (Å²) in [5, 5.41) is 0. The average molecular weight is 263 g/mol. The van der Waals surface area contributed by atoms with Crippen LogP contribution in [0.25, 0.3) is 0 Å². The molecule has 101 valence electrons. The third-order valence-electron chi connectivity index (χ3n) is 3.23. The van der Waals surface area contributed by atoms with E-state index in [1.165, 1.54) is 43.3 Å². The fourth-order valence-electron chi connectivity index (χ4n) is 2.03. The van der Waals surface area contributed by atoms with Crippen LogP contribution in [0.15, 0.2) is 30.3 Å². The number of hydrogen-bond donors (Lipinski definition) is 0. The minimum Gasteiger partial charge on any atom is -0.410 e. The van der Waals surface area contributed by atoms with Crippen molar-refractivity contribution in [2.75, 3.05) is 0 Å². The molecule has 2 heteroatoms. The molecule has 1 unspecified atom stereocenters. The molecular formula is C16H27OSi. The minimum absolute atomic E-state index is 0.258. The zero-order chi connectivity index (χ0) is 13.2. The zero-order valence-corrected chi connectivity index (χ0v) is 13.1. The number of rotatable bonds is 9. The van der Waals surface area contributed by atoms with Crippen molar-refractivity contribution in [2.24, 2.45) is 0 Å². The Morgan fingerprint density at radius 3 is 2.06 bits per heavy atom. The molecule has 0 saturated heterocycles. The molecule has 18 heavy (non-hydrogen) atoms. The molecule has 0 fully saturated rings. The second kappa shape index (κ2) is 9.34. The Morgan fingerprint density at radius 1 is 1.00 bits per heavy atom. The van der Waals surface area contributed by atoms with E-state index in [2.05, 4.69) is 51.1 Å². The third-order valence-corrected chi connectivity index (χ3v) is 5.74. The standard InChI is InChI=1S/C16H27OSi/c1-4-6-13-18(14-7-5-2)17-15(3)16-11-9-8-10-12-16/h8-12,15H,4-7,13-14H2,1-3H3. The maximum absolute atomic E-state index is 6.34. The molecule has 0 bridgehead atoms. The summed E-state index contributed by atoms with van der Waals surface area (Å²) in [4.78, 5) is 0. The molecule has 0 aliphatic carbocycles. The van der Waals surface area contributed by atoms with Crippen molar-refractivity contribution < 1.29 is 4.43 Å². The van der Waals surface area contributed by atoms with Crippen LogP contribution in [0.1, 0.15) is 58.1 Å². The second-order valence-corrected chi connectivity index (χ2v) is 7.23. The highest BCUT2D eigenvalue weighted by Crippen LogP contribution is 2.21. The van der Waals surface area contributed by atoms with Gasteiger partial charge < -0.3 is 4.43 Å². The average Bonchev–Trinajstić information content (AvgIpc) is 2.42. The Kier molecular flexibility index (Phi) is 8.02. The molecule has 1 aromatic rings. The summed E-state index contributed by atoms with van der Waals surface area (Å²) >= 11 is 0. The fraction of sp³-hybridized carbons (Fsp3) is 0.625. The number of benzene rings is 1. The highest BCUT2D eigenvalue weighted by molar-refractivity contribution is 6.51. The van der Waals surface area contributed by atoms with Crippen LogP contribution in [0.2, 0.25) is 12.1 Å². The quantitative estimate of drug-likeness (QED) is 0.545. The van der Waals surface area contributed by atoms with Gasteiger partial charge in [-0.1, -0.05) is 69.9 Å². The molecule has 0 N–H and O–H groups in total. The first-order valence-electron chi connectivity index (χ1n) is 7.34. The first-order chi connectivity index (χ1) is 8.77. The van der Waals surface area contributed by atoms with Crippen molar-refractivity contribution in [3.05, 3.63) is 35.9 Å². The van der Waals surface area contributed by atoms with Gasteiger partial charge in [-0.05, 0) is 24.6 Å². The van der Waals surface area contributed by atoms with Crippen LogP contribution in [-0.4, -0.2) is 9.04 Å². The van der Waals surface area contributed by atoms with Crippen LogP contribution in [0.5, 0.6) is 0 Å². The van der Waals surface area contributed by atoms with E-state index in [-0.39, 0.29) is 6.10 Å². The lowest BCUT2D eigenvalue weighted by atomic mass is 10.1. The van der Waals surface area contributed by atoms with Gasteiger partial charge in [-0.15, -0.1) is 0 Å². The van der Waals surface area contributed by atoms with E-state index >= 15 is 0 Å². The van der Waals surface area contributed by atoms with Crippen molar-refractivity contribution >= 4 is 9.04 Å². The van der Waals surface area contributed by atoms with Gasteiger partial charge in [-0.2, -0.15) is 0 Å². The number of hydrogen-bond acceptors (Lipinski definition) is 1. The first-order valence-corrected chi connectivity index (χ1v) is 9.16. The summed E-state index contributed by atoms with van der Waals surface area (Å²) in [6, 6.07) is 13.2. The van der Waals surface area contributed by atoms with Crippen LogP contribution in [-0.2, 0) is 4.43 Å². The van der Waals surface area contributed by atoms with Crippen LogP contribution >= 0.6 is 0 Å². The van der Waals surface area contributed by atoms with Gasteiger partial charge in [0, 0.05) is 0 Å². The Morgan fingerprint density at radius 2 is 1.56 bits per heavy atom. The Hall–Kier alpha value is -0.603. The predicted octanol–water partition coefficient (Wildman–Crippen LogP) is 5.36. The summed E-state index contributed by atoms with van der Waals surface area (Å²) in [6.45, 7) is 6.72. The molecule has 0 saturated carbocycles. The van der Waals surface area contributed by atoms with Gasteiger partial charge in [0.2, 0.25) is 9.04 Å². The molecule has 1 rings (SSSR count). The Balaban J connectivity index is 2.47. The lowest BCUT2D eigenvalue weighted by Crippen LogP contribution is -2.20. The van der Waals surface area contributed by atoms with Crippen LogP contribution < -0.4 is 0 Å². The molecule has 0 aromatic heterocycles. The SMILES string of the molecule is CCCC[Si](CCCC)OC(C)c1ccccc1. The Labute approximate surface area is 114 Å². The van der Waals surface area contributed by atoms with E-state index < -0.39 is 9.04 Å². The first kappa shape index (κ1) is 15.5. The van der Waals surface area contributed by atoms with Crippen LogP contribution in [0.3, 0.4) is 0 Å². The summed E-state index contributed by atoms with van der Waals surface area (Å²) in [7, 11) is -0.616.